The lowest BCUT2D eigenvalue weighted by Crippen LogP contribution is -2.44. The molecule has 2 heterocycles. The highest BCUT2D eigenvalue weighted by molar-refractivity contribution is 5.33. The number of aromatic nitrogens is 2. The predicted octanol–water partition coefficient (Wildman–Crippen LogP) is 1.61. The number of hydrogen-bond acceptors (Lipinski definition) is 3. The van der Waals surface area contributed by atoms with Crippen LogP contribution in [-0.2, 0) is 7.05 Å². The van der Waals surface area contributed by atoms with E-state index in [-0.39, 0.29) is 0 Å². The SMILES string of the molecule is CCC1(CNc2ccnn2C)CCCNC1. The Balaban J connectivity index is 1.94. The lowest BCUT2D eigenvalue weighted by Gasteiger charge is -2.37. The van der Waals surface area contributed by atoms with Crippen LogP contribution in [0.3, 0.4) is 0 Å². The Morgan fingerprint density at radius 3 is 3.06 bits per heavy atom. The molecule has 90 valence electrons. The highest BCUT2D eigenvalue weighted by Gasteiger charge is 2.29. The Kier molecular flexibility index (Phi) is 3.49. The van der Waals surface area contributed by atoms with Crippen molar-refractivity contribution in [1.82, 2.24) is 15.1 Å². The molecule has 0 aromatic carbocycles. The minimum absolute atomic E-state index is 0.419. The molecule has 1 aliphatic rings. The molecule has 0 radical (unpaired) electrons. The molecule has 16 heavy (non-hydrogen) atoms. The summed E-state index contributed by atoms with van der Waals surface area (Å²) in [6.07, 6.45) is 5.67. The molecule has 2 rings (SSSR count). The first-order valence-electron chi connectivity index (χ1n) is 6.18. The minimum Gasteiger partial charge on any atom is -0.370 e. The van der Waals surface area contributed by atoms with Gasteiger partial charge in [-0.2, -0.15) is 5.10 Å². The molecule has 1 saturated heterocycles. The van der Waals surface area contributed by atoms with Gasteiger partial charge in [-0.25, -0.2) is 0 Å². The molecule has 2 N–H and O–H groups in total. The molecule has 1 fully saturated rings. The second-order valence-electron chi connectivity index (χ2n) is 4.83. The molecule has 1 aromatic rings. The van der Waals surface area contributed by atoms with Crippen molar-refractivity contribution in [1.29, 1.82) is 0 Å². The fraction of sp³-hybridized carbons (Fsp3) is 0.750. The molecule has 1 unspecified atom stereocenters. The van der Waals surface area contributed by atoms with Crippen LogP contribution in [0.15, 0.2) is 12.3 Å². The van der Waals surface area contributed by atoms with Gasteiger partial charge in [0, 0.05) is 26.2 Å². The third-order valence-electron chi connectivity index (χ3n) is 3.78. The fourth-order valence-corrected chi connectivity index (χ4v) is 2.43. The van der Waals surface area contributed by atoms with E-state index in [1.807, 2.05) is 24.0 Å². The van der Waals surface area contributed by atoms with Gasteiger partial charge < -0.3 is 10.6 Å². The van der Waals surface area contributed by atoms with Crippen LogP contribution in [0.2, 0.25) is 0 Å². The summed E-state index contributed by atoms with van der Waals surface area (Å²) in [6, 6.07) is 2.03. The van der Waals surface area contributed by atoms with E-state index in [0.29, 0.717) is 5.41 Å². The number of nitrogens with one attached hydrogen (secondary N) is 2. The molecule has 1 aromatic heterocycles. The third kappa shape index (κ3) is 2.38. The van der Waals surface area contributed by atoms with Gasteiger partial charge in [-0.1, -0.05) is 6.92 Å². The summed E-state index contributed by atoms with van der Waals surface area (Å²) in [5.41, 5.74) is 0.419. The lowest BCUT2D eigenvalue weighted by molar-refractivity contribution is 0.216. The summed E-state index contributed by atoms with van der Waals surface area (Å²) < 4.78 is 1.89. The maximum Gasteiger partial charge on any atom is 0.123 e. The number of anilines is 1. The molecule has 0 amide bonds. The van der Waals surface area contributed by atoms with Crippen LogP contribution < -0.4 is 10.6 Å². The maximum atomic E-state index is 4.17. The van der Waals surface area contributed by atoms with E-state index in [1.165, 1.54) is 25.8 Å². The van der Waals surface area contributed by atoms with Crippen LogP contribution in [0, 0.1) is 5.41 Å². The number of aryl methyl sites for hydroxylation is 1. The average Bonchev–Trinajstić information content (AvgIpc) is 2.74. The van der Waals surface area contributed by atoms with Gasteiger partial charge >= 0.3 is 0 Å². The summed E-state index contributed by atoms with van der Waals surface area (Å²) in [7, 11) is 1.97. The molecule has 4 nitrogen and oxygen atoms in total. The largest absolute Gasteiger partial charge is 0.370 e. The van der Waals surface area contributed by atoms with Crippen LogP contribution in [-0.4, -0.2) is 29.4 Å². The molecule has 1 aliphatic heterocycles. The average molecular weight is 222 g/mol. The summed E-state index contributed by atoms with van der Waals surface area (Å²) >= 11 is 0. The number of piperidine rings is 1. The minimum atomic E-state index is 0.419. The van der Waals surface area contributed by atoms with Crippen LogP contribution in [0.5, 0.6) is 0 Å². The first-order chi connectivity index (χ1) is 7.76. The Morgan fingerprint density at radius 2 is 2.50 bits per heavy atom. The summed E-state index contributed by atoms with van der Waals surface area (Å²) in [6.45, 7) is 5.63. The van der Waals surface area contributed by atoms with Crippen molar-refractivity contribution < 1.29 is 0 Å². The molecule has 0 spiro atoms. The molecule has 4 heteroatoms. The topological polar surface area (TPSA) is 41.9 Å². The zero-order valence-corrected chi connectivity index (χ0v) is 10.3. The molecule has 0 bridgehead atoms. The first kappa shape index (κ1) is 11.5. The second-order valence-corrected chi connectivity index (χ2v) is 4.83. The highest BCUT2D eigenvalue weighted by atomic mass is 15.3. The van der Waals surface area contributed by atoms with E-state index >= 15 is 0 Å². The van der Waals surface area contributed by atoms with E-state index in [4.69, 9.17) is 0 Å². The van der Waals surface area contributed by atoms with Crippen LogP contribution >= 0.6 is 0 Å². The molecule has 0 aliphatic carbocycles. The Morgan fingerprint density at radius 1 is 1.62 bits per heavy atom. The summed E-state index contributed by atoms with van der Waals surface area (Å²) in [4.78, 5) is 0. The van der Waals surface area contributed by atoms with Gasteiger partial charge in [0.05, 0.1) is 6.20 Å². The van der Waals surface area contributed by atoms with Crippen molar-refractivity contribution in [3.63, 3.8) is 0 Å². The molecule has 0 saturated carbocycles. The van der Waals surface area contributed by atoms with Crippen molar-refractivity contribution >= 4 is 5.82 Å². The number of rotatable bonds is 4. The van der Waals surface area contributed by atoms with Crippen molar-refractivity contribution in [2.45, 2.75) is 26.2 Å². The Bertz CT molecular complexity index is 326. The third-order valence-corrected chi connectivity index (χ3v) is 3.78. The van der Waals surface area contributed by atoms with E-state index in [2.05, 4.69) is 22.7 Å². The lowest BCUT2D eigenvalue weighted by atomic mass is 9.78. The van der Waals surface area contributed by atoms with Crippen LogP contribution in [0.1, 0.15) is 26.2 Å². The molecular formula is C12H22N4. The van der Waals surface area contributed by atoms with Crippen LogP contribution in [0.25, 0.3) is 0 Å². The predicted molar refractivity (Wildman–Crippen MR) is 66.5 cm³/mol. The van der Waals surface area contributed by atoms with Gasteiger partial charge in [-0.15, -0.1) is 0 Å². The van der Waals surface area contributed by atoms with E-state index < -0.39 is 0 Å². The van der Waals surface area contributed by atoms with E-state index in [1.54, 1.807) is 0 Å². The van der Waals surface area contributed by atoms with Gasteiger partial charge in [0.15, 0.2) is 0 Å². The van der Waals surface area contributed by atoms with Crippen molar-refractivity contribution in [2.75, 3.05) is 25.0 Å². The van der Waals surface area contributed by atoms with Gasteiger partial charge in [0.1, 0.15) is 5.82 Å². The molecule has 1 atom stereocenters. The van der Waals surface area contributed by atoms with Crippen molar-refractivity contribution in [2.24, 2.45) is 12.5 Å². The molecular weight excluding hydrogens is 200 g/mol. The van der Waals surface area contributed by atoms with Crippen LogP contribution in [0.4, 0.5) is 5.82 Å². The Labute approximate surface area is 97.4 Å². The Hall–Kier alpha value is -1.03. The smallest absolute Gasteiger partial charge is 0.123 e. The zero-order valence-electron chi connectivity index (χ0n) is 10.3. The maximum absolute atomic E-state index is 4.17. The van der Waals surface area contributed by atoms with Crippen molar-refractivity contribution in [3.05, 3.63) is 12.3 Å². The standard InChI is InChI=1S/C12H22N4/c1-3-12(6-4-7-13-9-12)10-14-11-5-8-15-16(11)2/h5,8,13-14H,3-4,6-7,9-10H2,1-2H3. The quantitative estimate of drug-likeness (QED) is 0.813. The number of nitrogens with zero attached hydrogens (tertiary/aromatic N) is 2. The first-order valence-corrected chi connectivity index (χ1v) is 6.18. The highest BCUT2D eigenvalue weighted by Crippen LogP contribution is 2.30. The number of hydrogen-bond donors (Lipinski definition) is 2. The van der Waals surface area contributed by atoms with Crippen molar-refractivity contribution in [3.8, 4) is 0 Å². The fourth-order valence-electron chi connectivity index (χ4n) is 2.43. The monoisotopic (exact) mass is 222 g/mol. The van der Waals surface area contributed by atoms with Gasteiger partial charge in [-0.05, 0) is 31.2 Å². The zero-order chi connectivity index (χ0) is 11.4. The summed E-state index contributed by atoms with van der Waals surface area (Å²) in [5, 5.41) is 11.2. The van der Waals surface area contributed by atoms with Gasteiger partial charge in [0.25, 0.3) is 0 Å². The summed E-state index contributed by atoms with van der Waals surface area (Å²) in [5.74, 6) is 1.11. The second kappa shape index (κ2) is 4.87. The van der Waals surface area contributed by atoms with Gasteiger partial charge in [0.2, 0.25) is 0 Å². The van der Waals surface area contributed by atoms with E-state index in [9.17, 15) is 0 Å². The van der Waals surface area contributed by atoms with Gasteiger partial charge in [-0.3, -0.25) is 4.68 Å². The van der Waals surface area contributed by atoms with E-state index in [0.717, 1.165) is 18.9 Å². The normalized spacial score (nSPS) is 25.6.